The molecule has 3 aromatic rings. The molecule has 2 aromatic carbocycles. The molecule has 0 bridgehead atoms. The second-order valence-corrected chi connectivity index (χ2v) is 9.41. The molecule has 2 unspecified atom stereocenters. The van der Waals surface area contributed by atoms with Gasteiger partial charge in [0.15, 0.2) is 0 Å². The molecule has 0 spiro atoms. The second kappa shape index (κ2) is 8.21. The Morgan fingerprint density at radius 1 is 1.06 bits per heavy atom. The lowest BCUT2D eigenvalue weighted by Crippen LogP contribution is -2.45. The van der Waals surface area contributed by atoms with Gasteiger partial charge < -0.3 is 10.0 Å². The monoisotopic (exact) mass is 429 g/mol. The van der Waals surface area contributed by atoms with Crippen molar-refractivity contribution in [3.05, 3.63) is 76.0 Å². The van der Waals surface area contributed by atoms with Gasteiger partial charge >= 0.3 is 0 Å². The molecular weight excluding hydrogens is 398 g/mol. The van der Waals surface area contributed by atoms with E-state index in [0.29, 0.717) is 6.54 Å². The van der Waals surface area contributed by atoms with Crippen molar-refractivity contribution in [2.24, 2.45) is 7.05 Å². The molecule has 2 atom stereocenters. The van der Waals surface area contributed by atoms with Gasteiger partial charge in [-0.3, -0.25) is 9.48 Å². The molecule has 0 radical (unpaired) electrons. The molecule has 5 nitrogen and oxygen atoms in total. The highest BCUT2D eigenvalue weighted by atomic mass is 16.3. The normalized spacial score (nSPS) is 20.6. The number of hydrogen-bond donors (Lipinski definition) is 1. The van der Waals surface area contributed by atoms with E-state index >= 15 is 0 Å². The number of carbonyl (C=O) groups excluding carboxylic acids is 1. The van der Waals surface area contributed by atoms with Gasteiger partial charge in [0.2, 0.25) is 0 Å². The van der Waals surface area contributed by atoms with Gasteiger partial charge in [0.1, 0.15) is 0 Å². The Morgan fingerprint density at radius 3 is 2.50 bits per heavy atom. The van der Waals surface area contributed by atoms with Gasteiger partial charge in [-0.15, -0.1) is 0 Å². The number of aryl methyl sites for hydroxylation is 1. The average molecular weight is 430 g/mol. The van der Waals surface area contributed by atoms with E-state index in [-0.39, 0.29) is 11.9 Å². The predicted molar refractivity (Wildman–Crippen MR) is 126 cm³/mol. The van der Waals surface area contributed by atoms with Crippen LogP contribution in [0.15, 0.2) is 42.6 Å². The van der Waals surface area contributed by atoms with Crippen LogP contribution in [0, 0.1) is 13.8 Å². The Morgan fingerprint density at radius 2 is 1.81 bits per heavy atom. The first-order valence-corrected chi connectivity index (χ1v) is 11.6. The number of carbonyl (C=O) groups is 1. The fourth-order valence-corrected chi connectivity index (χ4v) is 5.32. The van der Waals surface area contributed by atoms with Crippen LogP contribution in [0.3, 0.4) is 0 Å². The summed E-state index contributed by atoms with van der Waals surface area (Å²) in [5.74, 6) is 0.0841. The van der Waals surface area contributed by atoms with Gasteiger partial charge in [0, 0.05) is 30.9 Å². The predicted octanol–water partition coefficient (Wildman–Crippen LogP) is 4.55. The van der Waals surface area contributed by atoms with Gasteiger partial charge in [-0.05, 0) is 73.1 Å². The summed E-state index contributed by atoms with van der Waals surface area (Å²) in [5, 5.41) is 15.0. The zero-order valence-electron chi connectivity index (χ0n) is 19.1. The van der Waals surface area contributed by atoms with Gasteiger partial charge in [0.25, 0.3) is 5.91 Å². The van der Waals surface area contributed by atoms with E-state index in [0.717, 1.165) is 54.5 Å². The van der Waals surface area contributed by atoms with Crippen molar-refractivity contribution < 1.29 is 9.90 Å². The maximum Gasteiger partial charge on any atom is 0.254 e. The molecule has 5 heteroatoms. The standard InChI is InChI=1S/C27H31N3O2/c1-17-18(2)23-16-30(25-6-4-5-7-26(25)31)27(32)22(23)15-21(17)14-19-8-10-20(11-9-19)24-12-13-29(3)28-24/h8-13,15,25-26,31H,4-7,14,16H2,1-3H3. The summed E-state index contributed by atoms with van der Waals surface area (Å²) < 4.78 is 1.81. The van der Waals surface area contributed by atoms with E-state index in [2.05, 4.69) is 49.3 Å². The first-order valence-electron chi connectivity index (χ1n) is 11.6. The van der Waals surface area contributed by atoms with Crippen molar-refractivity contribution in [3.8, 4) is 11.3 Å². The molecule has 1 fully saturated rings. The smallest absolute Gasteiger partial charge is 0.254 e. The first-order chi connectivity index (χ1) is 15.4. The van der Waals surface area contributed by atoms with Crippen LogP contribution in [0.5, 0.6) is 0 Å². The minimum absolute atomic E-state index is 0.0500. The molecule has 1 aliphatic carbocycles. The highest BCUT2D eigenvalue weighted by Crippen LogP contribution is 2.35. The summed E-state index contributed by atoms with van der Waals surface area (Å²) in [6.07, 6.45) is 6.17. The van der Waals surface area contributed by atoms with Crippen LogP contribution in [-0.2, 0) is 20.0 Å². The molecule has 0 saturated heterocycles. The van der Waals surface area contributed by atoms with Crippen molar-refractivity contribution in [1.82, 2.24) is 14.7 Å². The molecule has 1 amide bonds. The van der Waals surface area contributed by atoms with Crippen LogP contribution < -0.4 is 0 Å². The number of aliphatic hydroxyl groups excluding tert-OH is 1. The zero-order valence-corrected chi connectivity index (χ0v) is 19.1. The summed E-state index contributed by atoms with van der Waals surface area (Å²) in [4.78, 5) is 15.2. The summed E-state index contributed by atoms with van der Waals surface area (Å²) in [5.41, 5.74) is 8.93. The number of rotatable bonds is 4. The number of fused-ring (bicyclic) bond motifs is 1. The number of hydrogen-bond acceptors (Lipinski definition) is 3. The highest BCUT2D eigenvalue weighted by Gasteiger charge is 2.38. The minimum Gasteiger partial charge on any atom is -0.391 e. The third-order valence-corrected chi connectivity index (χ3v) is 7.41. The van der Waals surface area contributed by atoms with Crippen LogP contribution in [-0.4, -0.2) is 37.8 Å². The van der Waals surface area contributed by atoms with E-state index < -0.39 is 6.10 Å². The lowest BCUT2D eigenvalue weighted by molar-refractivity contribution is 0.0191. The fourth-order valence-electron chi connectivity index (χ4n) is 5.32. The summed E-state index contributed by atoms with van der Waals surface area (Å²) in [6.45, 7) is 4.92. The number of aromatic nitrogens is 2. The van der Waals surface area contributed by atoms with Crippen LogP contribution in [0.2, 0.25) is 0 Å². The van der Waals surface area contributed by atoms with Crippen molar-refractivity contribution >= 4 is 5.91 Å². The largest absolute Gasteiger partial charge is 0.391 e. The van der Waals surface area contributed by atoms with Crippen molar-refractivity contribution in [3.63, 3.8) is 0 Å². The molecule has 32 heavy (non-hydrogen) atoms. The average Bonchev–Trinajstić information content (AvgIpc) is 3.36. The molecule has 166 valence electrons. The molecule has 1 N–H and O–H groups in total. The zero-order chi connectivity index (χ0) is 22.4. The Kier molecular flexibility index (Phi) is 5.38. The molecule has 1 aliphatic heterocycles. The van der Waals surface area contributed by atoms with Gasteiger partial charge in [-0.2, -0.15) is 5.10 Å². The van der Waals surface area contributed by atoms with Crippen LogP contribution in [0.4, 0.5) is 0 Å². The fraction of sp³-hybridized carbons (Fsp3) is 0.407. The van der Waals surface area contributed by atoms with Crippen molar-refractivity contribution in [1.29, 1.82) is 0 Å². The third kappa shape index (κ3) is 3.65. The quantitative estimate of drug-likeness (QED) is 0.662. The van der Waals surface area contributed by atoms with E-state index in [1.54, 1.807) is 0 Å². The number of nitrogens with zero attached hydrogens (tertiary/aromatic N) is 3. The highest BCUT2D eigenvalue weighted by molar-refractivity contribution is 5.99. The molecule has 1 saturated carbocycles. The van der Waals surface area contributed by atoms with Crippen LogP contribution >= 0.6 is 0 Å². The van der Waals surface area contributed by atoms with Crippen LogP contribution in [0.25, 0.3) is 11.3 Å². The van der Waals surface area contributed by atoms with E-state index in [1.165, 1.54) is 22.3 Å². The maximum atomic E-state index is 13.3. The minimum atomic E-state index is -0.402. The Labute approximate surface area is 189 Å². The SMILES string of the molecule is Cc1c(Cc2ccc(-c3ccn(C)n3)cc2)cc2c(c1C)CN(C1CCCCC1O)C2=O. The Bertz CT molecular complexity index is 1160. The second-order valence-electron chi connectivity index (χ2n) is 9.41. The van der Waals surface area contributed by atoms with Gasteiger partial charge in [-0.1, -0.05) is 37.1 Å². The van der Waals surface area contributed by atoms with E-state index in [1.807, 2.05) is 28.9 Å². The Hall–Kier alpha value is -2.92. The molecule has 2 aliphatic rings. The van der Waals surface area contributed by atoms with Crippen molar-refractivity contribution in [2.45, 2.75) is 64.6 Å². The third-order valence-electron chi connectivity index (χ3n) is 7.41. The maximum absolute atomic E-state index is 13.3. The number of benzene rings is 2. The summed E-state index contributed by atoms with van der Waals surface area (Å²) in [6, 6.07) is 12.6. The molecule has 5 rings (SSSR count). The first kappa shape index (κ1) is 21.0. The Balaban J connectivity index is 1.40. The summed E-state index contributed by atoms with van der Waals surface area (Å²) >= 11 is 0. The molecule has 1 aromatic heterocycles. The van der Waals surface area contributed by atoms with Gasteiger partial charge in [0.05, 0.1) is 17.8 Å². The summed E-state index contributed by atoms with van der Waals surface area (Å²) in [7, 11) is 1.92. The number of amides is 1. The van der Waals surface area contributed by atoms with Gasteiger partial charge in [-0.25, -0.2) is 0 Å². The van der Waals surface area contributed by atoms with E-state index in [9.17, 15) is 9.90 Å². The number of aliphatic hydroxyl groups is 1. The lowest BCUT2D eigenvalue weighted by atomic mass is 9.91. The topological polar surface area (TPSA) is 58.4 Å². The lowest BCUT2D eigenvalue weighted by Gasteiger charge is -2.35. The van der Waals surface area contributed by atoms with Crippen LogP contribution in [0.1, 0.15) is 63.9 Å². The molecular formula is C27H31N3O2. The molecule has 2 heterocycles. The van der Waals surface area contributed by atoms with E-state index in [4.69, 9.17) is 0 Å². The van der Waals surface area contributed by atoms with Crippen molar-refractivity contribution in [2.75, 3.05) is 0 Å².